The molecule has 0 bridgehead atoms. The van der Waals surface area contributed by atoms with E-state index in [9.17, 15) is 4.79 Å². The molecule has 0 atom stereocenters. The van der Waals surface area contributed by atoms with Crippen LogP contribution in [0, 0.1) is 0 Å². The van der Waals surface area contributed by atoms with Crippen molar-refractivity contribution in [3.8, 4) is 0 Å². The number of piperidine rings is 1. The van der Waals surface area contributed by atoms with Gasteiger partial charge in [0, 0.05) is 24.5 Å². The van der Waals surface area contributed by atoms with Gasteiger partial charge in [-0.2, -0.15) is 0 Å². The van der Waals surface area contributed by atoms with Crippen molar-refractivity contribution >= 4 is 17.5 Å². The smallest absolute Gasteiger partial charge is 0.222 e. The van der Waals surface area contributed by atoms with Crippen LogP contribution in [0.4, 0.5) is 0 Å². The third kappa shape index (κ3) is 4.87. The van der Waals surface area contributed by atoms with Crippen LogP contribution in [0.15, 0.2) is 24.3 Å². The predicted octanol–water partition coefficient (Wildman–Crippen LogP) is 4.07. The summed E-state index contributed by atoms with van der Waals surface area (Å²) < 4.78 is 0. The van der Waals surface area contributed by atoms with Gasteiger partial charge in [-0.25, -0.2) is 0 Å². The van der Waals surface area contributed by atoms with Gasteiger partial charge in [-0.3, -0.25) is 4.79 Å². The van der Waals surface area contributed by atoms with Gasteiger partial charge < -0.3 is 4.90 Å². The van der Waals surface area contributed by atoms with Crippen LogP contribution < -0.4 is 0 Å². The molecule has 0 saturated carbocycles. The topological polar surface area (TPSA) is 20.3 Å². The van der Waals surface area contributed by atoms with Crippen molar-refractivity contribution in [3.63, 3.8) is 0 Å². The molecule has 19 heavy (non-hydrogen) atoms. The fraction of sp³-hybridized carbons (Fsp3) is 0.562. The fourth-order valence-electron chi connectivity index (χ4n) is 2.60. The summed E-state index contributed by atoms with van der Waals surface area (Å²) in [6, 6.07) is 7.98. The summed E-state index contributed by atoms with van der Waals surface area (Å²) in [5.74, 6) is 0.339. The van der Waals surface area contributed by atoms with Crippen LogP contribution in [0.1, 0.15) is 44.1 Å². The zero-order valence-corrected chi connectivity index (χ0v) is 12.2. The number of carbonyl (C=O) groups is 1. The highest BCUT2D eigenvalue weighted by molar-refractivity contribution is 6.30. The molecule has 2 nitrogen and oxygen atoms in total. The van der Waals surface area contributed by atoms with E-state index < -0.39 is 0 Å². The van der Waals surface area contributed by atoms with Crippen LogP contribution >= 0.6 is 11.6 Å². The zero-order valence-electron chi connectivity index (χ0n) is 11.4. The van der Waals surface area contributed by atoms with Crippen molar-refractivity contribution in [1.29, 1.82) is 0 Å². The molecule has 1 aliphatic heterocycles. The Kier molecular flexibility index (Phi) is 5.71. The molecule has 2 rings (SSSR count). The minimum absolute atomic E-state index is 0.339. The molecule has 1 heterocycles. The van der Waals surface area contributed by atoms with Gasteiger partial charge in [-0.1, -0.05) is 23.7 Å². The number of hydrogen-bond donors (Lipinski definition) is 0. The standard InChI is InChI=1S/C16H22ClNO/c17-15-9-6-8-14(13-15)7-2-3-10-16(19)18-11-4-1-5-12-18/h6,8-9,13H,1-5,7,10-12H2. The van der Waals surface area contributed by atoms with E-state index in [4.69, 9.17) is 11.6 Å². The fourth-order valence-corrected chi connectivity index (χ4v) is 2.81. The number of rotatable bonds is 5. The summed E-state index contributed by atoms with van der Waals surface area (Å²) in [6.07, 6.45) is 7.36. The number of nitrogens with zero attached hydrogens (tertiary/aromatic N) is 1. The molecular weight excluding hydrogens is 258 g/mol. The van der Waals surface area contributed by atoms with Gasteiger partial charge in [-0.15, -0.1) is 0 Å². The first-order valence-corrected chi connectivity index (χ1v) is 7.66. The average Bonchev–Trinajstić information content (AvgIpc) is 2.44. The van der Waals surface area contributed by atoms with Crippen molar-refractivity contribution in [3.05, 3.63) is 34.9 Å². The number of halogens is 1. The van der Waals surface area contributed by atoms with Crippen LogP contribution in [0.3, 0.4) is 0 Å². The molecule has 1 aliphatic rings. The minimum Gasteiger partial charge on any atom is -0.343 e. The molecule has 1 fully saturated rings. The summed E-state index contributed by atoms with van der Waals surface area (Å²) in [5.41, 5.74) is 1.26. The molecule has 0 spiro atoms. The first kappa shape index (κ1) is 14.4. The molecule has 0 N–H and O–H groups in total. The number of hydrogen-bond acceptors (Lipinski definition) is 1. The molecule has 3 heteroatoms. The summed E-state index contributed by atoms with van der Waals surface area (Å²) >= 11 is 5.95. The van der Waals surface area contributed by atoms with E-state index in [0.717, 1.165) is 37.4 Å². The van der Waals surface area contributed by atoms with Crippen LogP contribution in [0.5, 0.6) is 0 Å². The second kappa shape index (κ2) is 7.54. The Hall–Kier alpha value is -1.02. The molecule has 0 aliphatic carbocycles. The van der Waals surface area contributed by atoms with Crippen LogP contribution in [-0.4, -0.2) is 23.9 Å². The van der Waals surface area contributed by atoms with Gasteiger partial charge in [0.25, 0.3) is 0 Å². The SMILES string of the molecule is O=C(CCCCc1cccc(Cl)c1)N1CCCCC1. The summed E-state index contributed by atoms with van der Waals surface area (Å²) in [7, 11) is 0. The van der Waals surface area contributed by atoms with Gasteiger partial charge in [0.15, 0.2) is 0 Å². The van der Waals surface area contributed by atoms with E-state index in [1.54, 1.807) is 0 Å². The van der Waals surface area contributed by atoms with E-state index in [1.807, 2.05) is 23.1 Å². The van der Waals surface area contributed by atoms with Gasteiger partial charge in [0.2, 0.25) is 5.91 Å². The molecule has 0 aromatic heterocycles. The number of aryl methyl sites for hydroxylation is 1. The van der Waals surface area contributed by atoms with Gasteiger partial charge in [0.1, 0.15) is 0 Å². The average molecular weight is 280 g/mol. The summed E-state index contributed by atoms with van der Waals surface area (Å²) in [5, 5.41) is 0.793. The van der Waals surface area contributed by atoms with Crippen molar-refractivity contribution in [1.82, 2.24) is 4.90 Å². The maximum atomic E-state index is 12.0. The lowest BCUT2D eigenvalue weighted by atomic mass is 10.1. The summed E-state index contributed by atoms with van der Waals surface area (Å²) in [4.78, 5) is 14.0. The third-order valence-electron chi connectivity index (χ3n) is 3.70. The first-order chi connectivity index (χ1) is 9.25. The Labute approximate surface area is 120 Å². The molecule has 104 valence electrons. The number of unbranched alkanes of at least 4 members (excludes halogenated alkanes) is 1. The first-order valence-electron chi connectivity index (χ1n) is 7.28. The molecule has 1 aromatic carbocycles. The second-order valence-corrected chi connectivity index (χ2v) is 5.71. The molecular formula is C16H22ClNO. The van der Waals surface area contributed by atoms with Crippen molar-refractivity contribution in [2.24, 2.45) is 0 Å². The normalized spacial score (nSPS) is 15.5. The van der Waals surface area contributed by atoms with E-state index in [2.05, 4.69) is 6.07 Å². The van der Waals surface area contributed by atoms with E-state index in [1.165, 1.54) is 24.8 Å². The van der Waals surface area contributed by atoms with E-state index in [-0.39, 0.29) is 0 Å². The predicted molar refractivity (Wildman–Crippen MR) is 79.4 cm³/mol. The molecule has 1 aromatic rings. The highest BCUT2D eigenvalue weighted by atomic mass is 35.5. The van der Waals surface area contributed by atoms with Crippen LogP contribution in [0.25, 0.3) is 0 Å². The van der Waals surface area contributed by atoms with E-state index in [0.29, 0.717) is 12.3 Å². The highest BCUT2D eigenvalue weighted by Gasteiger charge is 2.15. The Balaban J connectivity index is 1.65. The lowest BCUT2D eigenvalue weighted by Gasteiger charge is -2.26. The lowest BCUT2D eigenvalue weighted by Crippen LogP contribution is -2.35. The highest BCUT2D eigenvalue weighted by Crippen LogP contribution is 2.15. The molecule has 0 unspecified atom stereocenters. The van der Waals surface area contributed by atoms with Crippen LogP contribution in [0.2, 0.25) is 5.02 Å². The van der Waals surface area contributed by atoms with Crippen LogP contribution in [-0.2, 0) is 11.2 Å². The quantitative estimate of drug-likeness (QED) is 0.744. The molecule has 1 saturated heterocycles. The van der Waals surface area contributed by atoms with Crippen molar-refractivity contribution in [2.45, 2.75) is 44.9 Å². The van der Waals surface area contributed by atoms with Gasteiger partial charge in [-0.05, 0) is 56.2 Å². The largest absolute Gasteiger partial charge is 0.343 e. The second-order valence-electron chi connectivity index (χ2n) is 5.28. The molecule has 1 amide bonds. The Morgan fingerprint density at radius 3 is 2.68 bits per heavy atom. The van der Waals surface area contributed by atoms with Crippen molar-refractivity contribution in [2.75, 3.05) is 13.1 Å². The number of likely N-dealkylation sites (tertiary alicyclic amines) is 1. The maximum absolute atomic E-state index is 12.0. The Morgan fingerprint density at radius 1 is 1.16 bits per heavy atom. The van der Waals surface area contributed by atoms with Crippen molar-refractivity contribution < 1.29 is 4.79 Å². The Bertz CT molecular complexity index is 413. The Morgan fingerprint density at radius 2 is 1.95 bits per heavy atom. The summed E-state index contributed by atoms with van der Waals surface area (Å²) in [6.45, 7) is 1.93. The van der Waals surface area contributed by atoms with Gasteiger partial charge in [0.05, 0.1) is 0 Å². The monoisotopic (exact) mass is 279 g/mol. The third-order valence-corrected chi connectivity index (χ3v) is 3.94. The zero-order chi connectivity index (χ0) is 13.5. The van der Waals surface area contributed by atoms with Gasteiger partial charge >= 0.3 is 0 Å². The minimum atomic E-state index is 0.339. The lowest BCUT2D eigenvalue weighted by molar-refractivity contribution is -0.132. The maximum Gasteiger partial charge on any atom is 0.222 e. The number of carbonyl (C=O) groups excluding carboxylic acids is 1. The number of amides is 1. The molecule has 0 radical (unpaired) electrons. The number of benzene rings is 1. The van der Waals surface area contributed by atoms with E-state index >= 15 is 0 Å².